The number of hydrogen-bond donors (Lipinski definition) is 1. The first-order chi connectivity index (χ1) is 9.04. The zero-order valence-electron chi connectivity index (χ0n) is 11.1. The standard InChI is InChI=1S/C14H20Cl2N2S/c1-10-6-12(17)9-18(8-10)4-5-19-14-7-11(15)2-3-13(14)16/h2-3,7,10,12H,4-6,8-9,17H2,1H3. The molecule has 0 bridgehead atoms. The van der Waals surface area contributed by atoms with Crippen molar-refractivity contribution in [1.82, 2.24) is 4.90 Å². The van der Waals surface area contributed by atoms with E-state index in [0.29, 0.717) is 12.0 Å². The quantitative estimate of drug-likeness (QED) is 0.857. The number of thioether (sulfide) groups is 1. The molecule has 0 amide bonds. The number of piperidine rings is 1. The molecule has 0 aromatic heterocycles. The van der Waals surface area contributed by atoms with E-state index in [4.69, 9.17) is 28.9 Å². The van der Waals surface area contributed by atoms with Gasteiger partial charge in [-0.3, -0.25) is 0 Å². The number of nitrogens with two attached hydrogens (primary N) is 1. The number of nitrogens with zero attached hydrogens (tertiary/aromatic N) is 1. The van der Waals surface area contributed by atoms with E-state index >= 15 is 0 Å². The van der Waals surface area contributed by atoms with Crippen molar-refractivity contribution in [3.8, 4) is 0 Å². The highest BCUT2D eigenvalue weighted by Gasteiger charge is 2.21. The van der Waals surface area contributed by atoms with E-state index < -0.39 is 0 Å². The smallest absolute Gasteiger partial charge is 0.0542 e. The fraction of sp³-hybridized carbons (Fsp3) is 0.571. The van der Waals surface area contributed by atoms with Crippen LogP contribution >= 0.6 is 35.0 Å². The highest BCUT2D eigenvalue weighted by molar-refractivity contribution is 7.99. The molecule has 1 saturated heterocycles. The Bertz CT molecular complexity index is 418. The molecule has 1 aliphatic rings. The van der Waals surface area contributed by atoms with Crippen molar-refractivity contribution in [1.29, 1.82) is 0 Å². The van der Waals surface area contributed by atoms with Crippen LogP contribution in [0.4, 0.5) is 0 Å². The highest BCUT2D eigenvalue weighted by Crippen LogP contribution is 2.30. The maximum atomic E-state index is 6.15. The summed E-state index contributed by atoms with van der Waals surface area (Å²) < 4.78 is 0. The first kappa shape index (κ1) is 15.5. The molecule has 0 saturated carbocycles. The zero-order valence-corrected chi connectivity index (χ0v) is 13.4. The summed E-state index contributed by atoms with van der Waals surface area (Å²) in [6, 6.07) is 5.92. The number of likely N-dealkylation sites (tertiary alicyclic amines) is 1. The van der Waals surface area contributed by atoms with Gasteiger partial charge in [-0.1, -0.05) is 30.1 Å². The van der Waals surface area contributed by atoms with Gasteiger partial charge in [0.05, 0.1) is 5.02 Å². The van der Waals surface area contributed by atoms with Crippen molar-refractivity contribution < 1.29 is 0 Å². The van der Waals surface area contributed by atoms with Gasteiger partial charge in [-0.05, 0) is 30.5 Å². The molecule has 2 unspecified atom stereocenters. The van der Waals surface area contributed by atoms with Crippen LogP contribution in [0.2, 0.25) is 10.0 Å². The monoisotopic (exact) mass is 318 g/mol. The molecule has 1 heterocycles. The van der Waals surface area contributed by atoms with Crippen molar-refractivity contribution in [3.05, 3.63) is 28.2 Å². The summed E-state index contributed by atoms with van der Waals surface area (Å²) >= 11 is 13.9. The van der Waals surface area contributed by atoms with Crippen LogP contribution in [0.5, 0.6) is 0 Å². The van der Waals surface area contributed by atoms with E-state index in [1.54, 1.807) is 11.8 Å². The molecule has 5 heteroatoms. The molecule has 0 radical (unpaired) electrons. The number of benzene rings is 1. The van der Waals surface area contributed by atoms with Gasteiger partial charge in [0.1, 0.15) is 0 Å². The van der Waals surface area contributed by atoms with Crippen molar-refractivity contribution >= 4 is 35.0 Å². The third-order valence-electron chi connectivity index (χ3n) is 3.33. The molecule has 2 nitrogen and oxygen atoms in total. The van der Waals surface area contributed by atoms with E-state index in [-0.39, 0.29) is 0 Å². The predicted molar refractivity (Wildman–Crippen MR) is 85.4 cm³/mol. The summed E-state index contributed by atoms with van der Waals surface area (Å²) in [6.45, 7) is 5.48. The zero-order chi connectivity index (χ0) is 13.8. The molecule has 0 aliphatic carbocycles. The van der Waals surface area contributed by atoms with Gasteiger partial charge in [0.15, 0.2) is 0 Å². The molecule has 2 atom stereocenters. The van der Waals surface area contributed by atoms with Gasteiger partial charge < -0.3 is 10.6 Å². The van der Waals surface area contributed by atoms with Gasteiger partial charge >= 0.3 is 0 Å². The Morgan fingerprint density at radius 1 is 1.37 bits per heavy atom. The fourth-order valence-corrected chi connectivity index (χ4v) is 4.07. The Morgan fingerprint density at radius 3 is 2.89 bits per heavy atom. The summed E-state index contributed by atoms with van der Waals surface area (Å²) in [5.74, 6) is 1.71. The average molecular weight is 319 g/mol. The summed E-state index contributed by atoms with van der Waals surface area (Å²) in [4.78, 5) is 3.51. The lowest BCUT2D eigenvalue weighted by molar-refractivity contribution is 0.174. The van der Waals surface area contributed by atoms with Gasteiger partial charge in [0.2, 0.25) is 0 Å². The number of hydrogen-bond acceptors (Lipinski definition) is 3. The summed E-state index contributed by atoms with van der Waals surface area (Å²) in [7, 11) is 0. The first-order valence-corrected chi connectivity index (χ1v) is 8.34. The van der Waals surface area contributed by atoms with Crippen molar-refractivity contribution in [2.45, 2.75) is 24.3 Å². The number of halogens is 2. The van der Waals surface area contributed by atoms with Gasteiger partial charge in [-0.15, -0.1) is 11.8 Å². The minimum atomic E-state index is 0.323. The van der Waals surface area contributed by atoms with Crippen molar-refractivity contribution in [2.75, 3.05) is 25.4 Å². The topological polar surface area (TPSA) is 29.3 Å². The van der Waals surface area contributed by atoms with Crippen LogP contribution in [0, 0.1) is 5.92 Å². The van der Waals surface area contributed by atoms with Crippen molar-refractivity contribution in [3.63, 3.8) is 0 Å². The number of rotatable bonds is 4. The van der Waals surface area contributed by atoms with E-state index in [1.807, 2.05) is 18.2 Å². The molecule has 1 aromatic rings. The molecular formula is C14H20Cl2N2S. The third-order valence-corrected chi connectivity index (χ3v) is 5.04. The lowest BCUT2D eigenvalue weighted by Crippen LogP contribution is -2.46. The third kappa shape index (κ3) is 4.83. The summed E-state index contributed by atoms with van der Waals surface area (Å²) in [5, 5.41) is 1.51. The van der Waals surface area contributed by atoms with Gasteiger partial charge in [0.25, 0.3) is 0 Å². The first-order valence-electron chi connectivity index (χ1n) is 6.60. The molecule has 1 fully saturated rings. The Kier molecular flexibility index (Phi) is 5.85. The van der Waals surface area contributed by atoms with E-state index in [1.165, 1.54) is 0 Å². The second-order valence-corrected chi connectivity index (χ2v) is 7.26. The van der Waals surface area contributed by atoms with E-state index in [9.17, 15) is 0 Å². The molecule has 2 N–H and O–H groups in total. The Balaban J connectivity index is 1.81. The van der Waals surface area contributed by atoms with Crippen molar-refractivity contribution in [2.24, 2.45) is 11.7 Å². The Morgan fingerprint density at radius 2 is 2.16 bits per heavy atom. The van der Waals surface area contributed by atoms with Crippen LogP contribution in [-0.2, 0) is 0 Å². The predicted octanol–water partition coefficient (Wildman–Crippen LogP) is 3.75. The van der Waals surface area contributed by atoms with Crippen LogP contribution in [0.3, 0.4) is 0 Å². The Labute approximate surface area is 129 Å². The normalized spacial score (nSPS) is 24.6. The molecular weight excluding hydrogens is 299 g/mol. The van der Waals surface area contributed by atoms with Gasteiger partial charge in [-0.25, -0.2) is 0 Å². The molecule has 106 valence electrons. The maximum absolute atomic E-state index is 6.15. The summed E-state index contributed by atoms with van der Waals surface area (Å²) in [5.41, 5.74) is 6.06. The minimum Gasteiger partial charge on any atom is -0.327 e. The fourth-order valence-electron chi connectivity index (χ4n) is 2.57. The molecule has 19 heavy (non-hydrogen) atoms. The van der Waals surface area contributed by atoms with Gasteiger partial charge in [-0.2, -0.15) is 0 Å². The summed E-state index contributed by atoms with van der Waals surface area (Å²) in [6.07, 6.45) is 1.14. The Hall–Kier alpha value is 0.0700. The maximum Gasteiger partial charge on any atom is 0.0542 e. The van der Waals surface area contributed by atoms with E-state index in [0.717, 1.165) is 46.7 Å². The molecule has 0 spiro atoms. The van der Waals surface area contributed by atoms with E-state index in [2.05, 4.69) is 11.8 Å². The minimum absolute atomic E-state index is 0.323. The SMILES string of the molecule is CC1CC(N)CN(CCSc2cc(Cl)ccc2Cl)C1. The molecule has 2 rings (SSSR count). The lowest BCUT2D eigenvalue weighted by atomic mass is 9.97. The van der Waals surface area contributed by atoms with Crippen LogP contribution in [0.25, 0.3) is 0 Å². The highest BCUT2D eigenvalue weighted by atomic mass is 35.5. The van der Waals surface area contributed by atoms with Crippen LogP contribution in [-0.4, -0.2) is 36.3 Å². The second-order valence-electron chi connectivity index (χ2n) is 5.28. The lowest BCUT2D eigenvalue weighted by Gasteiger charge is -2.34. The molecule has 1 aliphatic heterocycles. The largest absolute Gasteiger partial charge is 0.327 e. The van der Waals surface area contributed by atoms with Gasteiger partial charge in [0, 0.05) is 41.3 Å². The molecule has 1 aromatic carbocycles. The van der Waals surface area contributed by atoms with Crippen LogP contribution in [0.15, 0.2) is 23.1 Å². The second kappa shape index (κ2) is 7.19. The average Bonchev–Trinajstić information content (AvgIpc) is 2.32. The van der Waals surface area contributed by atoms with Crippen LogP contribution < -0.4 is 5.73 Å². The van der Waals surface area contributed by atoms with Crippen LogP contribution in [0.1, 0.15) is 13.3 Å².